The third-order valence-electron chi connectivity index (χ3n) is 5.34. The summed E-state index contributed by atoms with van der Waals surface area (Å²) in [5, 5.41) is 12.2. The van der Waals surface area contributed by atoms with Gasteiger partial charge in [0.1, 0.15) is 11.5 Å². The fourth-order valence-electron chi connectivity index (χ4n) is 3.86. The van der Waals surface area contributed by atoms with Gasteiger partial charge in [0.15, 0.2) is 0 Å². The number of rotatable bonds is 4. The molecule has 0 unspecified atom stereocenters. The molecule has 0 bridgehead atoms. The van der Waals surface area contributed by atoms with Crippen LogP contribution < -0.4 is 14.8 Å². The van der Waals surface area contributed by atoms with E-state index in [1.807, 2.05) is 24.3 Å². The Hall–Kier alpha value is -3.02. The number of carboxylic acids is 1. The lowest BCUT2D eigenvalue weighted by atomic mass is 9.87. The van der Waals surface area contributed by atoms with Gasteiger partial charge < -0.3 is 19.9 Å². The number of nitrogens with one attached hydrogen (secondary N) is 1. The van der Waals surface area contributed by atoms with Gasteiger partial charge in [0.25, 0.3) is 0 Å². The van der Waals surface area contributed by atoms with Crippen molar-refractivity contribution in [2.45, 2.75) is 18.3 Å². The van der Waals surface area contributed by atoms with Gasteiger partial charge in [-0.2, -0.15) is 0 Å². The minimum Gasteiger partial charge on any atom is -0.497 e. The van der Waals surface area contributed by atoms with Crippen LogP contribution in [0, 0.1) is 5.92 Å². The van der Waals surface area contributed by atoms with E-state index in [9.17, 15) is 14.7 Å². The summed E-state index contributed by atoms with van der Waals surface area (Å²) in [6.07, 6.45) is 1.54. The van der Waals surface area contributed by atoms with Crippen LogP contribution in [-0.2, 0) is 10.2 Å². The number of anilines is 1. The van der Waals surface area contributed by atoms with Gasteiger partial charge in [-0.3, -0.25) is 4.79 Å². The Morgan fingerprint density at radius 1 is 1.27 bits per heavy atom. The summed E-state index contributed by atoms with van der Waals surface area (Å²) in [4.78, 5) is 24.3. The van der Waals surface area contributed by atoms with Gasteiger partial charge in [-0.15, -0.1) is 0 Å². The second-order valence-electron chi connectivity index (χ2n) is 6.71. The zero-order valence-electron chi connectivity index (χ0n) is 14.3. The van der Waals surface area contributed by atoms with Crippen molar-refractivity contribution in [2.75, 3.05) is 19.0 Å². The SMILES string of the molecule is COc1ccc(NC(=O)[C@@H]2C[C@]23CCOc2ccccc23)c(C(=O)O)c1. The molecule has 6 nitrogen and oxygen atoms in total. The lowest BCUT2D eigenvalue weighted by Gasteiger charge is -2.26. The number of methoxy groups -OCH3 is 1. The minimum atomic E-state index is -1.11. The van der Waals surface area contributed by atoms with E-state index in [1.165, 1.54) is 13.2 Å². The van der Waals surface area contributed by atoms with Crippen molar-refractivity contribution in [1.29, 1.82) is 0 Å². The molecular weight excluding hydrogens is 334 g/mol. The number of carbonyl (C=O) groups is 2. The zero-order chi connectivity index (χ0) is 18.3. The van der Waals surface area contributed by atoms with Crippen LogP contribution in [-0.4, -0.2) is 30.7 Å². The first-order chi connectivity index (χ1) is 12.5. The van der Waals surface area contributed by atoms with Crippen molar-refractivity contribution in [2.24, 2.45) is 5.92 Å². The predicted octanol–water partition coefficient (Wildman–Crippen LogP) is 3.07. The second kappa shape index (κ2) is 6.05. The van der Waals surface area contributed by atoms with Crippen LogP contribution in [0.3, 0.4) is 0 Å². The molecule has 1 heterocycles. The molecule has 1 amide bonds. The smallest absolute Gasteiger partial charge is 0.337 e. The van der Waals surface area contributed by atoms with Crippen LogP contribution in [0.15, 0.2) is 42.5 Å². The van der Waals surface area contributed by atoms with Gasteiger partial charge in [-0.05, 0) is 37.1 Å². The molecule has 4 rings (SSSR count). The first kappa shape index (κ1) is 16.4. The van der Waals surface area contributed by atoms with Gasteiger partial charge in [-0.1, -0.05) is 18.2 Å². The minimum absolute atomic E-state index is 0.0137. The predicted molar refractivity (Wildman–Crippen MR) is 94.9 cm³/mol. The molecule has 26 heavy (non-hydrogen) atoms. The van der Waals surface area contributed by atoms with E-state index in [2.05, 4.69) is 5.32 Å². The molecule has 1 fully saturated rings. The molecule has 2 aromatic rings. The van der Waals surface area contributed by atoms with Gasteiger partial charge in [0, 0.05) is 16.9 Å². The van der Waals surface area contributed by atoms with E-state index in [0.717, 1.165) is 24.2 Å². The Morgan fingerprint density at radius 3 is 2.85 bits per heavy atom. The number of aromatic carboxylic acids is 1. The molecule has 2 aliphatic rings. The standard InChI is InChI=1S/C20H19NO5/c1-25-12-6-7-16(13(10-12)19(23)24)21-18(22)15-11-20(15)8-9-26-17-5-3-2-4-14(17)20/h2-7,10,15H,8-9,11H2,1H3,(H,21,22)(H,23,24)/t15-,20-/m0/s1. The molecular formula is C20H19NO5. The molecule has 134 valence electrons. The highest BCUT2D eigenvalue weighted by Crippen LogP contribution is 2.60. The Kier molecular flexibility index (Phi) is 3.83. The van der Waals surface area contributed by atoms with E-state index in [-0.39, 0.29) is 28.5 Å². The maximum Gasteiger partial charge on any atom is 0.337 e. The van der Waals surface area contributed by atoms with E-state index in [0.29, 0.717) is 12.4 Å². The van der Waals surface area contributed by atoms with Crippen molar-refractivity contribution in [3.05, 3.63) is 53.6 Å². The molecule has 2 N–H and O–H groups in total. The Balaban J connectivity index is 1.58. The van der Waals surface area contributed by atoms with Crippen molar-refractivity contribution >= 4 is 17.6 Å². The van der Waals surface area contributed by atoms with Crippen molar-refractivity contribution in [3.8, 4) is 11.5 Å². The lowest BCUT2D eigenvalue weighted by molar-refractivity contribution is -0.117. The average molecular weight is 353 g/mol. The lowest BCUT2D eigenvalue weighted by Crippen LogP contribution is -2.27. The molecule has 2 atom stereocenters. The third kappa shape index (κ3) is 2.58. The average Bonchev–Trinajstić information content (AvgIpc) is 3.37. The number of carboxylic acid groups (broad SMARTS) is 1. The number of amides is 1. The summed E-state index contributed by atoms with van der Waals surface area (Å²) < 4.78 is 10.8. The largest absolute Gasteiger partial charge is 0.497 e. The number of hydrogen-bond donors (Lipinski definition) is 2. The number of ether oxygens (including phenoxy) is 2. The van der Waals surface area contributed by atoms with Crippen LogP contribution in [0.1, 0.15) is 28.8 Å². The molecule has 1 aliphatic carbocycles. The van der Waals surface area contributed by atoms with Crippen molar-refractivity contribution < 1.29 is 24.2 Å². The van der Waals surface area contributed by atoms with Crippen molar-refractivity contribution in [1.82, 2.24) is 0 Å². The third-order valence-corrected chi connectivity index (χ3v) is 5.34. The maximum absolute atomic E-state index is 12.8. The Morgan fingerprint density at radius 2 is 2.08 bits per heavy atom. The fraction of sp³-hybridized carbons (Fsp3) is 0.300. The van der Waals surface area contributed by atoms with Crippen LogP contribution in [0.25, 0.3) is 0 Å². The highest BCUT2D eigenvalue weighted by molar-refractivity contribution is 6.03. The monoisotopic (exact) mass is 353 g/mol. The maximum atomic E-state index is 12.8. The van der Waals surface area contributed by atoms with E-state index in [4.69, 9.17) is 9.47 Å². The normalized spacial score (nSPS) is 22.9. The summed E-state index contributed by atoms with van der Waals surface area (Å²) >= 11 is 0. The number of para-hydroxylation sites is 1. The summed E-state index contributed by atoms with van der Waals surface area (Å²) in [5.41, 5.74) is 1.17. The Labute approximate surface area is 150 Å². The van der Waals surface area contributed by atoms with Gasteiger partial charge >= 0.3 is 5.97 Å². The van der Waals surface area contributed by atoms with Crippen LogP contribution in [0.4, 0.5) is 5.69 Å². The summed E-state index contributed by atoms with van der Waals surface area (Å²) in [7, 11) is 1.47. The van der Waals surface area contributed by atoms with Crippen LogP contribution >= 0.6 is 0 Å². The number of carbonyl (C=O) groups excluding carboxylic acids is 1. The van der Waals surface area contributed by atoms with E-state index < -0.39 is 5.97 Å². The first-order valence-corrected chi connectivity index (χ1v) is 8.50. The molecule has 6 heteroatoms. The molecule has 2 aromatic carbocycles. The molecule has 0 saturated heterocycles. The van der Waals surface area contributed by atoms with Gasteiger partial charge in [-0.25, -0.2) is 4.79 Å². The Bertz CT molecular complexity index is 894. The van der Waals surface area contributed by atoms with E-state index >= 15 is 0 Å². The topological polar surface area (TPSA) is 84.9 Å². The molecule has 1 saturated carbocycles. The van der Waals surface area contributed by atoms with E-state index in [1.54, 1.807) is 12.1 Å². The quantitative estimate of drug-likeness (QED) is 0.882. The molecule has 1 spiro atoms. The van der Waals surface area contributed by atoms with Crippen molar-refractivity contribution in [3.63, 3.8) is 0 Å². The first-order valence-electron chi connectivity index (χ1n) is 8.50. The summed E-state index contributed by atoms with van der Waals surface area (Å²) in [6.45, 7) is 0.587. The van der Waals surface area contributed by atoms with Crippen LogP contribution in [0.5, 0.6) is 11.5 Å². The molecule has 0 aromatic heterocycles. The highest BCUT2D eigenvalue weighted by Gasteiger charge is 2.61. The zero-order valence-corrected chi connectivity index (χ0v) is 14.3. The number of benzene rings is 2. The highest BCUT2D eigenvalue weighted by atomic mass is 16.5. The fourth-order valence-corrected chi connectivity index (χ4v) is 3.86. The van der Waals surface area contributed by atoms with Gasteiger partial charge in [0.05, 0.1) is 25.0 Å². The van der Waals surface area contributed by atoms with Crippen LogP contribution in [0.2, 0.25) is 0 Å². The number of hydrogen-bond acceptors (Lipinski definition) is 4. The number of fused-ring (bicyclic) bond motifs is 2. The summed E-state index contributed by atoms with van der Waals surface area (Å²) in [5.74, 6) is -0.182. The summed E-state index contributed by atoms with van der Waals surface area (Å²) in [6, 6.07) is 12.4. The second-order valence-corrected chi connectivity index (χ2v) is 6.71. The molecule has 1 aliphatic heterocycles. The van der Waals surface area contributed by atoms with Gasteiger partial charge in [0.2, 0.25) is 5.91 Å². The molecule has 0 radical (unpaired) electrons.